The molecule has 1 saturated heterocycles. The number of fused-ring (bicyclic) bond motifs is 1. The fourth-order valence-corrected chi connectivity index (χ4v) is 4.71. The Kier molecular flexibility index (Phi) is 4.97. The maximum Gasteiger partial charge on any atom is 0.214 e. The smallest absolute Gasteiger partial charge is 0.214 e. The van der Waals surface area contributed by atoms with Gasteiger partial charge in [-0.15, -0.1) is 11.8 Å². The molecule has 0 N–H and O–H groups in total. The van der Waals surface area contributed by atoms with Crippen molar-refractivity contribution < 1.29 is 13.2 Å². The summed E-state index contributed by atoms with van der Waals surface area (Å²) in [5, 5.41) is 5.27. The predicted octanol–water partition coefficient (Wildman–Crippen LogP) is 0.873. The first-order valence-electron chi connectivity index (χ1n) is 7.14. The van der Waals surface area contributed by atoms with E-state index < -0.39 is 10.0 Å². The summed E-state index contributed by atoms with van der Waals surface area (Å²) in [5.74, 6) is 0.893. The van der Waals surface area contributed by atoms with Gasteiger partial charge in [-0.2, -0.15) is 9.40 Å². The van der Waals surface area contributed by atoms with Gasteiger partial charge < -0.3 is 4.74 Å². The summed E-state index contributed by atoms with van der Waals surface area (Å²) in [6, 6.07) is 3.81. The Labute approximate surface area is 133 Å². The van der Waals surface area contributed by atoms with Crippen LogP contribution in [0.15, 0.2) is 29.6 Å². The molecule has 3 heterocycles. The molecule has 9 heteroatoms. The minimum absolute atomic E-state index is 0.174. The minimum Gasteiger partial charge on any atom is -0.379 e. The quantitative estimate of drug-likeness (QED) is 0.573. The second-order valence-corrected chi connectivity index (χ2v) is 8.13. The lowest BCUT2D eigenvalue weighted by atomic mass is 10.5. The molecule has 1 aliphatic rings. The monoisotopic (exact) mass is 342 g/mol. The zero-order valence-electron chi connectivity index (χ0n) is 12.1. The number of nitrogens with zero attached hydrogens (tertiary/aromatic N) is 4. The van der Waals surface area contributed by atoms with Gasteiger partial charge in [0.2, 0.25) is 10.0 Å². The fourth-order valence-electron chi connectivity index (χ4n) is 2.25. The second-order valence-electron chi connectivity index (χ2n) is 4.93. The number of ether oxygens (including phenoxy) is 1. The standard InChI is InChI=1S/C13H18N4O3S2/c18-22(19,16-6-8-20-9-7-16)11-1-10-21-13-3-2-12-14-4-5-17(12)15-13/h2-5H,1,6-11H2. The molecule has 3 rings (SSSR count). The molecule has 0 aliphatic carbocycles. The lowest BCUT2D eigenvalue weighted by molar-refractivity contribution is 0.0730. The van der Waals surface area contributed by atoms with Crippen LogP contribution in [0.2, 0.25) is 0 Å². The summed E-state index contributed by atoms with van der Waals surface area (Å²) in [5.41, 5.74) is 0.805. The molecule has 120 valence electrons. The highest BCUT2D eigenvalue weighted by Crippen LogP contribution is 2.17. The average Bonchev–Trinajstić information content (AvgIpc) is 3.00. The van der Waals surface area contributed by atoms with E-state index >= 15 is 0 Å². The van der Waals surface area contributed by atoms with Crippen molar-refractivity contribution in [3.05, 3.63) is 24.5 Å². The molecule has 0 bridgehead atoms. The highest BCUT2D eigenvalue weighted by atomic mass is 32.2. The summed E-state index contributed by atoms with van der Waals surface area (Å²) in [6.45, 7) is 1.91. The van der Waals surface area contributed by atoms with Crippen molar-refractivity contribution in [2.45, 2.75) is 11.4 Å². The van der Waals surface area contributed by atoms with Crippen molar-refractivity contribution in [3.8, 4) is 0 Å². The molecule has 2 aromatic rings. The minimum atomic E-state index is -3.16. The number of thioether (sulfide) groups is 1. The van der Waals surface area contributed by atoms with Crippen LogP contribution in [-0.4, -0.2) is 65.1 Å². The van der Waals surface area contributed by atoms with Gasteiger partial charge in [-0.25, -0.2) is 17.9 Å². The van der Waals surface area contributed by atoms with Crippen LogP contribution >= 0.6 is 11.8 Å². The van der Waals surface area contributed by atoms with Gasteiger partial charge in [0.05, 0.1) is 19.0 Å². The molecule has 1 fully saturated rings. The first-order valence-corrected chi connectivity index (χ1v) is 9.73. The number of hydrogen-bond donors (Lipinski definition) is 0. The topological polar surface area (TPSA) is 76.8 Å². The van der Waals surface area contributed by atoms with E-state index in [1.807, 2.05) is 12.1 Å². The van der Waals surface area contributed by atoms with Gasteiger partial charge in [0.1, 0.15) is 5.03 Å². The molecular formula is C13H18N4O3S2. The van der Waals surface area contributed by atoms with Gasteiger partial charge >= 0.3 is 0 Å². The van der Waals surface area contributed by atoms with Gasteiger partial charge in [0, 0.05) is 31.2 Å². The molecule has 0 aromatic carbocycles. The van der Waals surface area contributed by atoms with Gasteiger partial charge in [0.25, 0.3) is 0 Å². The summed E-state index contributed by atoms with van der Waals surface area (Å²) in [7, 11) is -3.16. The van der Waals surface area contributed by atoms with Crippen molar-refractivity contribution in [2.75, 3.05) is 37.8 Å². The predicted molar refractivity (Wildman–Crippen MR) is 84.5 cm³/mol. The first-order chi connectivity index (χ1) is 10.6. The number of morpholine rings is 1. The van der Waals surface area contributed by atoms with Crippen LogP contribution in [0.5, 0.6) is 0 Å². The molecule has 0 atom stereocenters. The van der Waals surface area contributed by atoms with Crippen LogP contribution in [-0.2, 0) is 14.8 Å². The number of hydrogen-bond acceptors (Lipinski definition) is 6. The molecule has 0 unspecified atom stereocenters. The van der Waals surface area contributed by atoms with Crippen LogP contribution in [0.4, 0.5) is 0 Å². The van der Waals surface area contributed by atoms with E-state index in [0.29, 0.717) is 32.7 Å². The second kappa shape index (κ2) is 6.95. The Morgan fingerprint density at radius 3 is 2.91 bits per heavy atom. The molecule has 22 heavy (non-hydrogen) atoms. The van der Waals surface area contributed by atoms with Gasteiger partial charge in [-0.05, 0) is 18.6 Å². The van der Waals surface area contributed by atoms with Gasteiger partial charge in [-0.1, -0.05) is 0 Å². The normalized spacial score (nSPS) is 17.1. The van der Waals surface area contributed by atoms with E-state index in [9.17, 15) is 8.42 Å². The highest BCUT2D eigenvalue weighted by molar-refractivity contribution is 7.99. The molecule has 7 nitrogen and oxygen atoms in total. The van der Waals surface area contributed by atoms with Crippen LogP contribution in [0, 0.1) is 0 Å². The van der Waals surface area contributed by atoms with Gasteiger partial charge in [0.15, 0.2) is 5.65 Å². The Morgan fingerprint density at radius 1 is 1.27 bits per heavy atom. The van der Waals surface area contributed by atoms with E-state index in [1.54, 1.807) is 28.7 Å². The van der Waals surface area contributed by atoms with Crippen LogP contribution in [0.25, 0.3) is 5.65 Å². The zero-order chi connectivity index (χ0) is 15.4. The number of imidazole rings is 1. The largest absolute Gasteiger partial charge is 0.379 e. The van der Waals surface area contributed by atoms with E-state index in [4.69, 9.17) is 4.74 Å². The lowest BCUT2D eigenvalue weighted by Crippen LogP contribution is -2.41. The van der Waals surface area contributed by atoms with Crippen LogP contribution in [0.1, 0.15) is 6.42 Å². The Bertz CT molecular complexity index is 726. The molecule has 0 amide bonds. The molecular weight excluding hydrogens is 324 g/mol. The maximum atomic E-state index is 12.2. The van der Waals surface area contributed by atoms with Crippen molar-refractivity contribution in [2.24, 2.45) is 0 Å². The summed E-state index contributed by atoms with van der Waals surface area (Å²) >= 11 is 1.56. The van der Waals surface area contributed by atoms with E-state index in [-0.39, 0.29) is 5.75 Å². The molecule has 0 radical (unpaired) electrons. The summed E-state index contributed by atoms with van der Waals surface area (Å²) in [6.07, 6.45) is 4.10. The molecule has 0 saturated carbocycles. The highest BCUT2D eigenvalue weighted by Gasteiger charge is 2.23. The van der Waals surface area contributed by atoms with Crippen molar-refractivity contribution in [1.82, 2.24) is 18.9 Å². The maximum absolute atomic E-state index is 12.2. The van der Waals surface area contributed by atoms with Crippen molar-refractivity contribution in [3.63, 3.8) is 0 Å². The molecule has 2 aromatic heterocycles. The van der Waals surface area contributed by atoms with Crippen LogP contribution < -0.4 is 0 Å². The number of sulfonamides is 1. The Hall–Kier alpha value is -1.16. The van der Waals surface area contributed by atoms with Crippen molar-refractivity contribution in [1.29, 1.82) is 0 Å². The third-order valence-corrected chi connectivity index (χ3v) is 6.35. The fraction of sp³-hybridized carbons (Fsp3) is 0.538. The van der Waals surface area contributed by atoms with E-state index in [2.05, 4.69) is 10.1 Å². The lowest BCUT2D eigenvalue weighted by Gasteiger charge is -2.25. The first kappa shape index (κ1) is 15.7. The summed E-state index contributed by atoms with van der Waals surface area (Å²) < 4.78 is 32.8. The van der Waals surface area contributed by atoms with Gasteiger partial charge in [-0.3, -0.25) is 0 Å². The zero-order valence-corrected chi connectivity index (χ0v) is 13.7. The number of rotatable bonds is 6. The third-order valence-electron chi connectivity index (χ3n) is 3.39. The summed E-state index contributed by atoms with van der Waals surface area (Å²) in [4.78, 5) is 4.14. The third kappa shape index (κ3) is 3.78. The molecule has 0 spiro atoms. The number of aromatic nitrogens is 3. The Balaban J connectivity index is 1.48. The molecule has 1 aliphatic heterocycles. The SMILES string of the molecule is O=S(=O)(CCCSc1ccc2nccn2n1)N1CCOCC1. The van der Waals surface area contributed by atoms with Crippen molar-refractivity contribution >= 4 is 27.4 Å². The van der Waals surface area contributed by atoms with E-state index in [0.717, 1.165) is 16.4 Å². The van der Waals surface area contributed by atoms with Crippen LogP contribution in [0.3, 0.4) is 0 Å². The van der Waals surface area contributed by atoms with E-state index in [1.165, 1.54) is 4.31 Å². The average molecular weight is 342 g/mol. The Morgan fingerprint density at radius 2 is 2.09 bits per heavy atom.